The van der Waals surface area contributed by atoms with Gasteiger partial charge >= 0.3 is 0 Å². The molecule has 0 radical (unpaired) electrons. The van der Waals surface area contributed by atoms with Gasteiger partial charge in [-0.2, -0.15) is 0 Å². The molecule has 6 nitrogen and oxygen atoms in total. The van der Waals surface area contributed by atoms with Gasteiger partial charge in [0.2, 0.25) is 16.8 Å². The van der Waals surface area contributed by atoms with Crippen LogP contribution in [0.5, 0.6) is 11.5 Å². The Morgan fingerprint density at radius 3 is 2.95 bits per heavy atom. The highest BCUT2D eigenvalue weighted by Crippen LogP contribution is 2.32. The average molecular weight is 298 g/mol. The second kappa shape index (κ2) is 5.59. The van der Waals surface area contributed by atoms with Crippen molar-refractivity contribution < 1.29 is 17.9 Å². The third-order valence-electron chi connectivity index (χ3n) is 3.52. The highest BCUT2D eigenvalue weighted by atomic mass is 32.2. The summed E-state index contributed by atoms with van der Waals surface area (Å²) in [6.07, 6.45) is 1.97. The SMILES string of the molecule is O=S(=O)(CC1CCCN1)NCc1ccc2c(c1)OCO2. The monoisotopic (exact) mass is 298 g/mol. The van der Waals surface area contributed by atoms with Gasteiger partial charge in [0.05, 0.1) is 5.75 Å². The lowest BCUT2D eigenvalue weighted by molar-refractivity contribution is 0.174. The third kappa shape index (κ3) is 3.23. The molecule has 0 spiro atoms. The van der Waals surface area contributed by atoms with Gasteiger partial charge in [0, 0.05) is 12.6 Å². The van der Waals surface area contributed by atoms with Crippen molar-refractivity contribution in [2.24, 2.45) is 0 Å². The van der Waals surface area contributed by atoms with E-state index in [1.165, 1.54) is 0 Å². The zero-order valence-electron chi connectivity index (χ0n) is 11.1. The van der Waals surface area contributed by atoms with E-state index < -0.39 is 10.0 Å². The van der Waals surface area contributed by atoms with E-state index in [-0.39, 0.29) is 25.1 Å². The fourth-order valence-corrected chi connectivity index (χ4v) is 3.79. The predicted molar refractivity (Wildman–Crippen MR) is 74.2 cm³/mol. The predicted octanol–water partition coefficient (Wildman–Crippen LogP) is 0.587. The van der Waals surface area contributed by atoms with Gasteiger partial charge in [-0.1, -0.05) is 6.07 Å². The molecule has 1 atom stereocenters. The van der Waals surface area contributed by atoms with Crippen molar-refractivity contribution in [3.8, 4) is 11.5 Å². The quantitative estimate of drug-likeness (QED) is 0.832. The normalized spacial score (nSPS) is 21.3. The molecule has 2 N–H and O–H groups in total. The smallest absolute Gasteiger partial charge is 0.231 e. The lowest BCUT2D eigenvalue weighted by atomic mass is 10.2. The molecular formula is C13H18N2O4S. The minimum atomic E-state index is -3.26. The Morgan fingerprint density at radius 1 is 1.30 bits per heavy atom. The summed E-state index contributed by atoms with van der Waals surface area (Å²) >= 11 is 0. The zero-order valence-corrected chi connectivity index (χ0v) is 11.9. The molecule has 1 fully saturated rings. The van der Waals surface area contributed by atoms with Crippen LogP contribution in [0.25, 0.3) is 0 Å². The molecule has 110 valence electrons. The highest BCUT2D eigenvalue weighted by molar-refractivity contribution is 7.89. The van der Waals surface area contributed by atoms with Crippen LogP contribution in [0.15, 0.2) is 18.2 Å². The van der Waals surface area contributed by atoms with E-state index >= 15 is 0 Å². The zero-order chi connectivity index (χ0) is 14.0. The molecule has 20 heavy (non-hydrogen) atoms. The van der Waals surface area contributed by atoms with E-state index in [1.807, 2.05) is 6.07 Å². The van der Waals surface area contributed by atoms with Gasteiger partial charge in [0.25, 0.3) is 0 Å². The summed E-state index contributed by atoms with van der Waals surface area (Å²) in [4.78, 5) is 0. The molecule has 1 aromatic rings. The maximum absolute atomic E-state index is 12.0. The Kier molecular flexibility index (Phi) is 3.82. The molecule has 0 aromatic heterocycles. The molecule has 1 aromatic carbocycles. The lowest BCUT2D eigenvalue weighted by Crippen LogP contribution is -2.36. The minimum Gasteiger partial charge on any atom is -0.454 e. The maximum Gasteiger partial charge on any atom is 0.231 e. The van der Waals surface area contributed by atoms with Crippen molar-refractivity contribution in [3.05, 3.63) is 23.8 Å². The number of hydrogen-bond acceptors (Lipinski definition) is 5. The number of hydrogen-bond donors (Lipinski definition) is 2. The average Bonchev–Trinajstić information content (AvgIpc) is 3.06. The third-order valence-corrected chi connectivity index (χ3v) is 4.94. The van der Waals surface area contributed by atoms with Crippen LogP contribution in [-0.2, 0) is 16.6 Å². The van der Waals surface area contributed by atoms with E-state index in [2.05, 4.69) is 10.0 Å². The van der Waals surface area contributed by atoms with Crippen LogP contribution in [-0.4, -0.2) is 33.6 Å². The number of sulfonamides is 1. The summed E-state index contributed by atoms with van der Waals surface area (Å²) in [5.41, 5.74) is 0.859. The molecule has 3 rings (SSSR count). The van der Waals surface area contributed by atoms with E-state index in [0.29, 0.717) is 11.5 Å². The van der Waals surface area contributed by atoms with Gasteiger partial charge in [-0.15, -0.1) is 0 Å². The van der Waals surface area contributed by atoms with Crippen LogP contribution >= 0.6 is 0 Å². The van der Waals surface area contributed by atoms with Gasteiger partial charge in [-0.25, -0.2) is 13.1 Å². The van der Waals surface area contributed by atoms with Crippen molar-refractivity contribution in [1.29, 1.82) is 0 Å². The summed E-state index contributed by atoms with van der Waals surface area (Å²) in [5.74, 6) is 1.50. The summed E-state index contributed by atoms with van der Waals surface area (Å²) in [7, 11) is -3.26. The van der Waals surface area contributed by atoms with Gasteiger partial charge in [0.1, 0.15) is 0 Å². The van der Waals surface area contributed by atoms with E-state index in [4.69, 9.17) is 9.47 Å². The molecule has 0 amide bonds. The fraction of sp³-hybridized carbons (Fsp3) is 0.538. The van der Waals surface area contributed by atoms with Gasteiger partial charge in [0.15, 0.2) is 11.5 Å². The number of nitrogens with one attached hydrogen (secondary N) is 2. The second-order valence-electron chi connectivity index (χ2n) is 5.08. The number of fused-ring (bicyclic) bond motifs is 1. The first-order chi connectivity index (χ1) is 9.62. The van der Waals surface area contributed by atoms with Crippen LogP contribution in [0.3, 0.4) is 0 Å². The van der Waals surface area contributed by atoms with Crippen molar-refractivity contribution in [2.75, 3.05) is 19.1 Å². The molecule has 1 saturated heterocycles. The Bertz CT molecular complexity index is 582. The molecule has 0 aliphatic carbocycles. The summed E-state index contributed by atoms with van der Waals surface area (Å²) in [6.45, 7) is 1.39. The first kappa shape index (κ1) is 13.7. The van der Waals surface area contributed by atoms with Gasteiger partial charge < -0.3 is 14.8 Å². The van der Waals surface area contributed by atoms with Crippen LogP contribution in [0.4, 0.5) is 0 Å². The van der Waals surface area contributed by atoms with Crippen molar-refractivity contribution in [3.63, 3.8) is 0 Å². The molecule has 2 heterocycles. The molecule has 2 aliphatic heterocycles. The fourth-order valence-electron chi connectivity index (χ4n) is 2.47. The first-order valence-electron chi connectivity index (χ1n) is 6.72. The second-order valence-corrected chi connectivity index (χ2v) is 6.93. The van der Waals surface area contributed by atoms with Crippen LogP contribution in [0.1, 0.15) is 18.4 Å². The summed E-state index contributed by atoms with van der Waals surface area (Å²) < 4.78 is 37.1. The van der Waals surface area contributed by atoms with Gasteiger partial charge in [-0.05, 0) is 37.1 Å². The van der Waals surface area contributed by atoms with Crippen molar-refractivity contribution >= 4 is 10.0 Å². The van der Waals surface area contributed by atoms with Crippen LogP contribution in [0.2, 0.25) is 0 Å². The Labute approximate surface area is 118 Å². The van der Waals surface area contributed by atoms with E-state index in [0.717, 1.165) is 24.9 Å². The highest BCUT2D eigenvalue weighted by Gasteiger charge is 2.22. The molecule has 1 unspecified atom stereocenters. The molecule has 0 bridgehead atoms. The van der Waals surface area contributed by atoms with Crippen molar-refractivity contribution in [2.45, 2.75) is 25.4 Å². The minimum absolute atomic E-state index is 0.0734. The molecule has 2 aliphatic rings. The number of benzene rings is 1. The van der Waals surface area contributed by atoms with Crippen molar-refractivity contribution in [1.82, 2.24) is 10.0 Å². The number of rotatable bonds is 5. The maximum atomic E-state index is 12.0. The first-order valence-corrected chi connectivity index (χ1v) is 8.37. The Hall–Kier alpha value is -1.31. The lowest BCUT2D eigenvalue weighted by Gasteiger charge is -2.12. The standard InChI is InChI=1S/C13H18N2O4S/c16-20(17,8-11-2-1-5-14-11)15-7-10-3-4-12-13(6-10)19-9-18-12/h3-4,6,11,14-15H,1-2,5,7-9H2. The largest absolute Gasteiger partial charge is 0.454 e. The summed E-state index contributed by atoms with van der Waals surface area (Å²) in [6, 6.07) is 5.51. The number of ether oxygens (including phenoxy) is 2. The summed E-state index contributed by atoms with van der Waals surface area (Å²) in [5, 5.41) is 3.19. The van der Waals surface area contributed by atoms with Crippen LogP contribution in [0, 0.1) is 0 Å². The molecule has 0 saturated carbocycles. The Balaban J connectivity index is 1.58. The van der Waals surface area contributed by atoms with E-state index in [9.17, 15) is 8.42 Å². The topological polar surface area (TPSA) is 76.7 Å². The molecular weight excluding hydrogens is 280 g/mol. The van der Waals surface area contributed by atoms with Crippen LogP contribution < -0.4 is 19.5 Å². The van der Waals surface area contributed by atoms with E-state index in [1.54, 1.807) is 12.1 Å². The Morgan fingerprint density at radius 2 is 2.15 bits per heavy atom. The molecule has 7 heteroatoms. The van der Waals surface area contributed by atoms with Gasteiger partial charge in [-0.3, -0.25) is 0 Å².